The summed E-state index contributed by atoms with van der Waals surface area (Å²) in [6, 6.07) is 6.52. The van der Waals surface area contributed by atoms with Crippen LogP contribution in [0, 0.1) is 0 Å². The molecule has 5 nitrogen and oxygen atoms in total. The van der Waals surface area contributed by atoms with E-state index in [0.29, 0.717) is 11.3 Å². The molecule has 5 heteroatoms. The van der Waals surface area contributed by atoms with Gasteiger partial charge in [0.25, 0.3) is 0 Å². The van der Waals surface area contributed by atoms with Gasteiger partial charge < -0.3 is 9.84 Å². The summed E-state index contributed by atoms with van der Waals surface area (Å²) in [6.45, 7) is 0. The number of ketones is 2. The summed E-state index contributed by atoms with van der Waals surface area (Å²) in [5, 5.41) is 8.45. The second-order valence-electron chi connectivity index (χ2n) is 4.11. The molecule has 1 aromatic carbocycles. The zero-order valence-corrected chi connectivity index (χ0v) is 10.7. The molecule has 0 bridgehead atoms. The second-order valence-corrected chi connectivity index (χ2v) is 4.11. The largest absolute Gasteiger partial charge is 0.497 e. The van der Waals surface area contributed by atoms with Crippen LogP contribution in [-0.2, 0) is 9.59 Å². The molecule has 0 saturated heterocycles. The number of hydrogen-bond acceptors (Lipinski definition) is 4. The van der Waals surface area contributed by atoms with Crippen LogP contribution in [0.4, 0.5) is 0 Å². The molecule has 0 radical (unpaired) electrons. The molecule has 1 rings (SSSR count). The molecule has 102 valence electrons. The molecule has 0 aromatic heterocycles. The van der Waals surface area contributed by atoms with Gasteiger partial charge in [-0.1, -0.05) is 0 Å². The Morgan fingerprint density at radius 2 is 1.74 bits per heavy atom. The maximum Gasteiger partial charge on any atom is 0.303 e. The van der Waals surface area contributed by atoms with Gasteiger partial charge in [0.05, 0.1) is 13.5 Å². The van der Waals surface area contributed by atoms with E-state index in [1.54, 1.807) is 24.3 Å². The fourth-order valence-electron chi connectivity index (χ4n) is 1.58. The first-order chi connectivity index (χ1) is 9.02. The number of carboxylic acid groups (broad SMARTS) is 1. The van der Waals surface area contributed by atoms with Crippen LogP contribution >= 0.6 is 0 Å². The van der Waals surface area contributed by atoms with Gasteiger partial charge in [0.2, 0.25) is 0 Å². The average molecular weight is 264 g/mol. The first-order valence-electron chi connectivity index (χ1n) is 5.93. The molecule has 0 amide bonds. The van der Waals surface area contributed by atoms with Crippen molar-refractivity contribution < 1.29 is 24.2 Å². The van der Waals surface area contributed by atoms with Gasteiger partial charge in [-0.2, -0.15) is 0 Å². The summed E-state index contributed by atoms with van der Waals surface area (Å²) < 4.78 is 4.97. The van der Waals surface area contributed by atoms with Crippen LogP contribution in [0.15, 0.2) is 24.3 Å². The highest BCUT2D eigenvalue weighted by Gasteiger charge is 2.12. The SMILES string of the molecule is COc1ccc(C(=O)CC(=O)CCCC(=O)O)cc1. The Labute approximate surface area is 111 Å². The molecule has 0 spiro atoms. The standard InChI is InChI=1S/C14H16O5/c1-19-12-7-5-10(6-8-12)13(16)9-11(15)3-2-4-14(17)18/h5-8H,2-4,9H2,1H3,(H,17,18). The van der Waals surface area contributed by atoms with E-state index in [4.69, 9.17) is 9.84 Å². The lowest BCUT2D eigenvalue weighted by Gasteiger charge is -2.02. The summed E-state index contributed by atoms with van der Waals surface area (Å²) in [7, 11) is 1.53. The summed E-state index contributed by atoms with van der Waals surface area (Å²) in [5.41, 5.74) is 0.451. The van der Waals surface area contributed by atoms with Crippen molar-refractivity contribution in [3.05, 3.63) is 29.8 Å². The highest BCUT2D eigenvalue weighted by Crippen LogP contribution is 2.13. The molecule has 19 heavy (non-hydrogen) atoms. The van der Waals surface area contributed by atoms with Gasteiger partial charge in [-0.15, -0.1) is 0 Å². The molecule has 0 heterocycles. The van der Waals surface area contributed by atoms with E-state index in [1.165, 1.54) is 7.11 Å². The van der Waals surface area contributed by atoms with Crippen molar-refractivity contribution in [3.63, 3.8) is 0 Å². The molecule has 0 aliphatic heterocycles. The Hall–Kier alpha value is -2.17. The number of rotatable bonds is 8. The number of carbonyl (C=O) groups is 3. The van der Waals surface area contributed by atoms with Crippen LogP contribution in [0.25, 0.3) is 0 Å². The smallest absolute Gasteiger partial charge is 0.303 e. The van der Waals surface area contributed by atoms with Gasteiger partial charge in [0, 0.05) is 18.4 Å². The third-order valence-corrected chi connectivity index (χ3v) is 2.62. The van der Waals surface area contributed by atoms with Gasteiger partial charge in [-0.3, -0.25) is 14.4 Å². The lowest BCUT2D eigenvalue weighted by Crippen LogP contribution is -2.08. The number of hydrogen-bond donors (Lipinski definition) is 1. The first-order valence-corrected chi connectivity index (χ1v) is 5.93. The molecule has 1 N–H and O–H groups in total. The van der Waals surface area contributed by atoms with Gasteiger partial charge in [-0.05, 0) is 30.7 Å². The highest BCUT2D eigenvalue weighted by atomic mass is 16.5. The number of benzene rings is 1. The lowest BCUT2D eigenvalue weighted by molar-refractivity contribution is -0.137. The number of carboxylic acids is 1. The Morgan fingerprint density at radius 3 is 2.26 bits per heavy atom. The van der Waals surface area contributed by atoms with E-state index in [0.717, 1.165) is 0 Å². The monoisotopic (exact) mass is 264 g/mol. The highest BCUT2D eigenvalue weighted by molar-refractivity contribution is 6.08. The van der Waals surface area contributed by atoms with Crippen molar-refractivity contribution in [2.75, 3.05) is 7.11 Å². The molecule has 0 saturated carbocycles. The zero-order valence-electron chi connectivity index (χ0n) is 10.7. The van der Waals surface area contributed by atoms with Crippen LogP contribution < -0.4 is 4.74 Å². The predicted octanol–water partition coefficient (Wildman–Crippen LogP) is 2.09. The number of methoxy groups -OCH3 is 1. The topological polar surface area (TPSA) is 80.7 Å². The van der Waals surface area contributed by atoms with E-state index < -0.39 is 5.97 Å². The van der Waals surface area contributed by atoms with Crippen molar-refractivity contribution >= 4 is 17.5 Å². The molecule has 1 aromatic rings. The van der Waals surface area contributed by atoms with Crippen molar-refractivity contribution in [3.8, 4) is 5.75 Å². The van der Waals surface area contributed by atoms with Crippen LogP contribution in [0.3, 0.4) is 0 Å². The number of carbonyl (C=O) groups excluding carboxylic acids is 2. The van der Waals surface area contributed by atoms with Crippen molar-refractivity contribution in [1.82, 2.24) is 0 Å². The maximum absolute atomic E-state index is 11.8. The van der Waals surface area contributed by atoms with Crippen molar-refractivity contribution in [1.29, 1.82) is 0 Å². The van der Waals surface area contributed by atoms with Crippen molar-refractivity contribution in [2.24, 2.45) is 0 Å². The molecule has 0 unspecified atom stereocenters. The van der Waals surface area contributed by atoms with Gasteiger partial charge in [0.15, 0.2) is 5.78 Å². The van der Waals surface area contributed by atoms with Gasteiger partial charge >= 0.3 is 5.97 Å². The third-order valence-electron chi connectivity index (χ3n) is 2.62. The van der Waals surface area contributed by atoms with Crippen LogP contribution in [-0.4, -0.2) is 29.8 Å². The summed E-state index contributed by atoms with van der Waals surface area (Å²) in [4.78, 5) is 33.6. The van der Waals surface area contributed by atoms with E-state index in [-0.39, 0.29) is 37.2 Å². The van der Waals surface area contributed by atoms with E-state index >= 15 is 0 Å². The summed E-state index contributed by atoms with van der Waals surface area (Å²) in [6.07, 6.45) is 0.146. The van der Waals surface area contributed by atoms with E-state index in [1.807, 2.05) is 0 Å². The van der Waals surface area contributed by atoms with Crippen LogP contribution in [0.5, 0.6) is 5.75 Å². The molecular formula is C14H16O5. The number of aliphatic carboxylic acids is 1. The molecule has 0 aliphatic carbocycles. The quantitative estimate of drug-likeness (QED) is 0.574. The minimum absolute atomic E-state index is 0.0531. The van der Waals surface area contributed by atoms with Gasteiger partial charge in [0.1, 0.15) is 11.5 Å². The second kappa shape index (κ2) is 7.31. The normalized spacial score (nSPS) is 9.95. The minimum atomic E-state index is -0.936. The molecule has 0 atom stereocenters. The molecular weight excluding hydrogens is 248 g/mol. The summed E-state index contributed by atoms with van der Waals surface area (Å²) in [5.74, 6) is -0.788. The predicted molar refractivity (Wildman–Crippen MR) is 68.4 cm³/mol. The van der Waals surface area contributed by atoms with Crippen LogP contribution in [0.1, 0.15) is 36.0 Å². The fraction of sp³-hybridized carbons (Fsp3) is 0.357. The third kappa shape index (κ3) is 5.33. The number of ether oxygens (including phenoxy) is 1. The van der Waals surface area contributed by atoms with Crippen molar-refractivity contribution in [2.45, 2.75) is 25.7 Å². The zero-order chi connectivity index (χ0) is 14.3. The molecule has 0 fully saturated rings. The van der Waals surface area contributed by atoms with E-state index in [9.17, 15) is 14.4 Å². The number of Topliss-reactive ketones (excluding diaryl/α,β-unsaturated/α-hetero) is 2. The minimum Gasteiger partial charge on any atom is -0.497 e. The van der Waals surface area contributed by atoms with E-state index in [2.05, 4.69) is 0 Å². The Bertz CT molecular complexity index is 461. The average Bonchev–Trinajstić information content (AvgIpc) is 2.38. The fourth-order valence-corrected chi connectivity index (χ4v) is 1.58. The Morgan fingerprint density at radius 1 is 1.11 bits per heavy atom. The van der Waals surface area contributed by atoms with Gasteiger partial charge in [-0.25, -0.2) is 0 Å². The maximum atomic E-state index is 11.8. The first kappa shape index (κ1) is 14.9. The molecule has 0 aliphatic rings. The Kier molecular flexibility index (Phi) is 5.73. The Balaban J connectivity index is 2.45. The van der Waals surface area contributed by atoms with Crippen LogP contribution in [0.2, 0.25) is 0 Å². The lowest BCUT2D eigenvalue weighted by atomic mass is 10.0. The summed E-state index contributed by atoms with van der Waals surface area (Å²) >= 11 is 0.